The van der Waals surface area contributed by atoms with Crippen molar-refractivity contribution in [3.63, 3.8) is 0 Å². The van der Waals surface area contributed by atoms with Crippen LogP contribution in [0.4, 0.5) is 11.4 Å². The number of nitrogen functional groups attached to an aromatic ring is 1. The minimum atomic E-state index is -0.106. The molecule has 4 heteroatoms. The van der Waals surface area contributed by atoms with Crippen LogP contribution in [-0.2, 0) is 4.79 Å². The number of nitrogens with two attached hydrogens (primary N) is 1. The average Bonchev–Trinajstić information content (AvgIpc) is 2.46. The van der Waals surface area contributed by atoms with Crippen LogP contribution in [0.5, 0.6) is 5.75 Å². The van der Waals surface area contributed by atoms with Crippen molar-refractivity contribution in [2.45, 2.75) is 6.92 Å². The third kappa shape index (κ3) is 3.51. The van der Waals surface area contributed by atoms with Crippen molar-refractivity contribution in [1.29, 1.82) is 0 Å². The maximum Gasteiger partial charge on any atom is 0.264 e. The molecule has 0 aliphatic heterocycles. The monoisotopic (exact) mass is 270 g/mol. The van der Waals surface area contributed by atoms with E-state index in [4.69, 9.17) is 10.5 Å². The molecule has 4 nitrogen and oxygen atoms in total. The van der Waals surface area contributed by atoms with Crippen molar-refractivity contribution in [2.24, 2.45) is 0 Å². The number of carbonyl (C=O) groups is 1. The summed E-state index contributed by atoms with van der Waals surface area (Å²) in [4.78, 5) is 13.6. The van der Waals surface area contributed by atoms with E-state index >= 15 is 0 Å². The Labute approximate surface area is 118 Å². The van der Waals surface area contributed by atoms with Crippen LogP contribution in [0.3, 0.4) is 0 Å². The highest BCUT2D eigenvalue weighted by atomic mass is 16.5. The van der Waals surface area contributed by atoms with Crippen LogP contribution in [0.1, 0.15) is 5.56 Å². The lowest BCUT2D eigenvalue weighted by molar-refractivity contribution is -0.120. The SMILES string of the molecule is Cc1ccc(N(C)C(=O)COc2ccc(N)cc2)cc1. The fourth-order valence-corrected chi connectivity index (χ4v) is 1.72. The quantitative estimate of drug-likeness (QED) is 0.869. The van der Waals surface area contributed by atoms with Gasteiger partial charge in [-0.25, -0.2) is 0 Å². The molecular weight excluding hydrogens is 252 g/mol. The molecule has 20 heavy (non-hydrogen) atoms. The van der Waals surface area contributed by atoms with Gasteiger partial charge in [-0.15, -0.1) is 0 Å². The molecule has 2 aromatic rings. The van der Waals surface area contributed by atoms with Gasteiger partial charge in [0.2, 0.25) is 0 Å². The number of rotatable bonds is 4. The maximum absolute atomic E-state index is 12.0. The minimum absolute atomic E-state index is 0.00566. The number of nitrogens with zero attached hydrogens (tertiary/aromatic N) is 1. The highest BCUT2D eigenvalue weighted by Gasteiger charge is 2.11. The van der Waals surface area contributed by atoms with E-state index in [9.17, 15) is 4.79 Å². The Balaban J connectivity index is 1.94. The Kier molecular flexibility index (Phi) is 4.25. The van der Waals surface area contributed by atoms with Crippen LogP contribution in [0.2, 0.25) is 0 Å². The zero-order chi connectivity index (χ0) is 14.5. The highest BCUT2D eigenvalue weighted by molar-refractivity contribution is 5.93. The second kappa shape index (κ2) is 6.10. The van der Waals surface area contributed by atoms with Gasteiger partial charge < -0.3 is 15.4 Å². The summed E-state index contributed by atoms with van der Waals surface area (Å²) >= 11 is 0. The van der Waals surface area contributed by atoms with Gasteiger partial charge in [0.25, 0.3) is 5.91 Å². The molecule has 0 fully saturated rings. The largest absolute Gasteiger partial charge is 0.484 e. The van der Waals surface area contributed by atoms with Gasteiger partial charge in [0.15, 0.2) is 6.61 Å². The fraction of sp³-hybridized carbons (Fsp3) is 0.188. The van der Waals surface area contributed by atoms with E-state index in [0.717, 1.165) is 11.3 Å². The summed E-state index contributed by atoms with van der Waals surface area (Å²) in [6.07, 6.45) is 0. The molecule has 0 aromatic heterocycles. The van der Waals surface area contributed by atoms with Gasteiger partial charge in [0.1, 0.15) is 5.75 Å². The summed E-state index contributed by atoms with van der Waals surface area (Å²) < 4.78 is 5.44. The topological polar surface area (TPSA) is 55.6 Å². The summed E-state index contributed by atoms with van der Waals surface area (Å²) in [5.41, 5.74) is 8.26. The molecule has 0 bridgehead atoms. The van der Waals surface area contributed by atoms with E-state index in [0.29, 0.717) is 11.4 Å². The smallest absolute Gasteiger partial charge is 0.264 e. The lowest BCUT2D eigenvalue weighted by Gasteiger charge is -2.17. The van der Waals surface area contributed by atoms with E-state index in [-0.39, 0.29) is 12.5 Å². The van der Waals surface area contributed by atoms with Gasteiger partial charge in [-0.05, 0) is 43.3 Å². The molecule has 0 atom stereocenters. The number of benzene rings is 2. The molecule has 2 aromatic carbocycles. The summed E-state index contributed by atoms with van der Waals surface area (Å²) in [7, 11) is 1.74. The van der Waals surface area contributed by atoms with Crippen molar-refractivity contribution < 1.29 is 9.53 Å². The van der Waals surface area contributed by atoms with E-state index < -0.39 is 0 Å². The first-order valence-electron chi connectivity index (χ1n) is 6.38. The third-order valence-corrected chi connectivity index (χ3v) is 3.04. The number of ether oxygens (including phenoxy) is 1. The van der Waals surface area contributed by atoms with Gasteiger partial charge in [0, 0.05) is 18.4 Å². The average molecular weight is 270 g/mol. The van der Waals surface area contributed by atoms with Crippen LogP contribution in [0.15, 0.2) is 48.5 Å². The number of hydrogen-bond acceptors (Lipinski definition) is 3. The first kappa shape index (κ1) is 13.9. The Morgan fingerprint density at radius 2 is 1.70 bits per heavy atom. The summed E-state index contributed by atoms with van der Waals surface area (Å²) in [6.45, 7) is 2.00. The molecule has 2 N–H and O–H groups in total. The Morgan fingerprint density at radius 1 is 1.10 bits per heavy atom. The van der Waals surface area contributed by atoms with Crippen molar-refractivity contribution in [2.75, 3.05) is 24.3 Å². The molecule has 0 heterocycles. The molecule has 0 spiro atoms. The van der Waals surface area contributed by atoms with Crippen molar-refractivity contribution in [3.05, 3.63) is 54.1 Å². The standard InChI is InChI=1S/C16H18N2O2/c1-12-3-7-14(8-4-12)18(2)16(19)11-20-15-9-5-13(17)6-10-15/h3-10H,11,17H2,1-2H3. The van der Waals surface area contributed by atoms with Gasteiger partial charge >= 0.3 is 0 Å². The molecular formula is C16H18N2O2. The zero-order valence-electron chi connectivity index (χ0n) is 11.7. The number of aryl methyl sites for hydroxylation is 1. The van der Waals surface area contributed by atoms with Crippen molar-refractivity contribution in [3.8, 4) is 5.75 Å². The van der Waals surface area contributed by atoms with Gasteiger partial charge in [0.05, 0.1) is 0 Å². The Morgan fingerprint density at radius 3 is 2.30 bits per heavy atom. The van der Waals surface area contributed by atoms with Crippen LogP contribution in [0, 0.1) is 6.92 Å². The van der Waals surface area contributed by atoms with Crippen LogP contribution < -0.4 is 15.4 Å². The predicted octanol–water partition coefficient (Wildman–Crippen LogP) is 2.62. The number of carbonyl (C=O) groups excluding carboxylic acids is 1. The lowest BCUT2D eigenvalue weighted by atomic mass is 10.2. The van der Waals surface area contributed by atoms with E-state index in [1.54, 1.807) is 36.2 Å². The summed E-state index contributed by atoms with van der Waals surface area (Å²) in [5, 5.41) is 0. The van der Waals surface area contributed by atoms with Crippen LogP contribution >= 0.6 is 0 Å². The second-order valence-electron chi connectivity index (χ2n) is 4.65. The third-order valence-electron chi connectivity index (χ3n) is 3.04. The first-order valence-corrected chi connectivity index (χ1v) is 6.38. The first-order chi connectivity index (χ1) is 9.56. The van der Waals surface area contributed by atoms with Crippen molar-refractivity contribution >= 4 is 17.3 Å². The summed E-state index contributed by atoms with van der Waals surface area (Å²) in [5.74, 6) is 0.524. The second-order valence-corrected chi connectivity index (χ2v) is 4.65. The molecule has 0 unspecified atom stereocenters. The molecule has 0 aliphatic rings. The maximum atomic E-state index is 12.0. The molecule has 2 rings (SSSR count). The number of amides is 1. The Hall–Kier alpha value is -2.49. The molecule has 104 valence electrons. The number of anilines is 2. The predicted molar refractivity (Wildman–Crippen MR) is 80.9 cm³/mol. The number of hydrogen-bond donors (Lipinski definition) is 1. The van der Waals surface area contributed by atoms with Crippen LogP contribution in [-0.4, -0.2) is 19.6 Å². The van der Waals surface area contributed by atoms with Crippen LogP contribution in [0.25, 0.3) is 0 Å². The molecule has 0 aliphatic carbocycles. The zero-order valence-corrected chi connectivity index (χ0v) is 11.7. The highest BCUT2D eigenvalue weighted by Crippen LogP contribution is 2.15. The number of likely N-dealkylation sites (N-methyl/N-ethyl adjacent to an activating group) is 1. The molecule has 1 amide bonds. The molecule has 0 saturated heterocycles. The van der Waals surface area contributed by atoms with Gasteiger partial charge in [-0.2, -0.15) is 0 Å². The lowest BCUT2D eigenvalue weighted by Crippen LogP contribution is -2.31. The van der Waals surface area contributed by atoms with Gasteiger partial charge in [-0.3, -0.25) is 4.79 Å². The minimum Gasteiger partial charge on any atom is -0.484 e. The summed E-state index contributed by atoms with van der Waals surface area (Å²) in [6, 6.07) is 14.7. The van der Waals surface area contributed by atoms with E-state index in [1.807, 2.05) is 31.2 Å². The molecule has 0 saturated carbocycles. The van der Waals surface area contributed by atoms with E-state index in [1.165, 1.54) is 0 Å². The Bertz CT molecular complexity index is 576. The van der Waals surface area contributed by atoms with Gasteiger partial charge in [-0.1, -0.05) is 17.7 Å². The normalized spacial score (nSPS) is 10.1. The molecule has 0 radical (unpaired) electrons. The van der Waals surface area contributed by atoms with E-state index in [2.05, 4.69) is 0 Å². The van der Waals surface area contributed by atoms with Crippen molar-refractivity contribution in [1.82, 2.24) is 0 Å². The fourth-order valence-electron chi connectivity index (χ4n) is 1.72.